The van der Waals surface area contributed by atoms with Crippen molar-refractivity contribution >= 4 is 155 Å². The van der Waals surface area contributed by atoms with Gasteiger partial charge in [-0.1, -0.05) is 67.1 Å². The monoisotopic (exact) mass is 1720 g/mol. The smallest absolute Gasteiger partial charge is 0.252 e. The van der Waals surface area contributed by atoms with Crippen LogP contribution in [0.4, 0.5) is 50.9 Å². The number of piperidine rings is 4. The molecule has 13 heterocycles. The van der Waals surface area contributed by atoms with Crippen molar-refractivity contribution in [2.24, 2.45) is 0 Å². The van der Waals surface area contributed by atoms with Gasteiger partial charge >= 0.3 is 0 Å². The van der Waals surface area contributed by atoms with Gasteiger partial charge in [0.15, 0.2) is 0 Å². The molecule has 0 amide bonds. The van der Waals surface area contributed by atoms with Gasteiger partial charge in [0.2, 0.25) is 23.8 Å². The second kappa shape index (κ2) is 37.7. The predicted octanol–water partition coefficient (Wildman–Crippen LogP) is 17.7. The molecule has 12 aromatic rings. The van der Waals surface area contributed by atoms with Crippen LogP contribution in [0.15, 0.2) is 206 Å². The number of benzene rings is 3. The molecule has 0 spiro atoms. The average molecular weight is 1720 g/mol. The molecule has 0 bridgehead atoms. The van der Waals surface area contributed by atoms with Crippen molar-refractivity contribution in [3.63, 3.8) is 0 Å². The molecule has 0 saturated carbocycles. The molecule has 3 N–H and O–H groups in total. The van der Waals surface area contributed by atoms with Crippen LogP contribution in [0.25, 0.3) is 42.3 Å². The molecule has 0 radical (unpaired) electrons. The standard InChI is InChI=1S/C20H22N4O2S2.C19H18Cl2N4O2S2.C19H19FN4O2S2.C19H21N5O2S2/c1-15-7-3-4-8-16(15)22-20-21-12-11-17(23-20)18-9-10-19(27-18)28(25,26)24-13-5-2-6-14-24;20-14-5-4-13(12-15(14)21)23-19-22-9-8-16(24-19)17-6-7-18(28-17)29(26,27)25-10-2-1-3-11-25;20-14-4-6-15(7-5-14)22-19-21-11-10-16(23-19)17-8-9-18(27-17)28(25,26)24-12-2-1-3-13-24;1-23(15-7-10-20-11-8-15)19-21-12-9-16(22-19)17-5-6-18(27-17)28(25,26)24-13-3-2-4-14-24/h3-4,7-12H,2,5-6,13-14H2,1H3,(H,21,22,23);4-9,12H,1-3,10-11H2,(H,22,23,24);4-11H,1-3,12-13H2,(H,21,22,23);5-12H,2-4,13-14H2,1H3. The maximum absolute atomic E-state index is 13.0. The van der Waals surface area contributed by atoms with E-state index >= 15 is 0 Å². The maximum Gasteiger partial charge on any atom is 0.252 e. The van der Waals surface area contributed by atoms with Crippen LogP contribution >= 0.6 is 68.5 Å². The first-order chi connectivity index (χ1) is 54.5. The van der Waals surface area contributed by atoms with Gasteiger partial charge in [0.25, 0.3) is 40.1 Å². The predicted molar refractivity (Wildman–Crippen MR) is 448 cm³/mol. The van der Waals surface area contributed by atoms with Crippen molar-refractivity contribution in [2.75, 3.05) is 80.3 Å². The fourth-order valence-electron chi connectivity index (χ4n) is 12.5. The number of rotatable bonds is 20. The van der Waals surface area contributed by atoms with E-state index in [4.69, 9.17) is 23.2 Å². The Morgan fingerprint density at radius 3 is 1.12 bits per heavy atom. The van der Waals surface area contributed by atoms with Gasteiger partial charge in [-0.15, -0.1) is 45.3 Å². The zero-order valence-electron chi connectivity index (χ0n) is 61.5. The van der Waals surface area contributed by atoms with Gasteiger partial charge in [-0.05, 0) is 197 Å². The Hall–Kier alpha value is -8.72. The van der Waals surface area contributed by atoms with Gasteiger partial charge in [-0.2, -0.15) is 17.2 Å². The number of aryl methyl sites for hydroxylation is 1. The van der Waals surface area contributed by atoms with E-state index in [2.05, 4.69) is 60.8 Å². The van der Waals surface area contributed by atoms with E-state index in [1.165, 1.54) is 57.5 Å². The lowest BCUT2D eigenvalue weighted by molar-refractivity contribution is 0.347. The third-order valence-corrected chi connectivity index (χ3v) is 33.2. The Bertz CT molecular complexity index is 5710. The quantitative estimate of drug-likeness (QED) is 0.0638. The summed E-state index contributed by atoms with van der Waals surface area (Å²) in [6.45, 7) is 6.75. The Morgan fingerprint density at radius 1 is 0.381 bits per heavy atom. The molecule has 113 heavy (non-hydrogen) atoms. The highest BCUT2D eigenvalue weighted by Gasteiger charge is 2.32. The fraction of sp³-hybridized carbons (Fsp3) is 0.286. The molecule has 4 saturated heterocycles. The van der Waals surface area contributed by atoms with Crippen molar-refractivity contribution in [1.82, 2.24) is 62.1 Å². The number of hydrogen-bond acceptors (Lipinski definition) is 25. The Kier molecular flexibility index (Phi) is 27.4. The topological polar surface area (TPSA) is 305 Å². The zero-order chi connectivity index (χ0) is 79.1. The van der Waals surface area contributed by atoms with Crippen LogP contribution < -0.4 is 20.9 Å². The van der Waals surface area contributed by atoms with Gasteiger partial charge in [0.1, 0.15) is 22.7 Å². The number of pyridine rings is 1. The number of hydrogen-bond donors (Lipinski definition) is 3. The number of para-hydroxylation sites is 1. The van der Waals surface area contributed by atoms with Crippen molar-refractivity contribution in [3.8, 4) is 42.3 Å². The molecular formula is C77H80Cl2FN17O8S8. The second-order valence-corrected chi connectivity index (χ2v) is 40.3. The number of halogens is 3. The van der Waals surface area contributed by atoms with Gasteiger partial charge in [-0.3, -0.25) is 4.98 Å². The molecule has 4 aliphatic rings. The van der Waals surface area contributed by atoms with Crippen molar-refractivity contribution in [3.05, 3.63) is 210 Å². The summed E-state index contributed by atoms with van der Waals surface area (Å²) in [7, 11) is -11.9. The minimum absolute atomic E-state index is 0.318. The highest BCUT2D eigenvalue weighted by Crippen LogP contribution is 2.39. The molecular weight excluding hydrogens is 1640 g/mol. The Labute approximate surface area is 683 Å². The van der Waals surface area contributed by atoms with Gasteiger partial charge in [-0.25, -0.2) is 77.9 Å². The van der Waals surface area contributed by atoms with Crippen molar-refractivity contribution in [1.29, 1.82) is 0 Å². The van der Waals surface area contributed by atoms with E-state index in [1.54, 1.807) is 145 Å². The largest absolute Gasteiger partial charge is 0.324 e. The maximum atomic E-state index is 13.0. The molecule has 4 fully saturated rings. The SMILES string of the molecule is CN(c1ccncc1)c1nccc(-c2ccc(S(=O)(=O)N3CCCCC3)s2)n1.Cc1ccccc1Nc1nccc(-c2ccc(S(=O)(=O)N3CCCCC3)s2)n1.O=S(=O)(c1ccc(-c2ccnc(Nc3ccc(Cl)c(Cl)c3)n2)s1)N1CCCCC1.O=S(=O)(c1ccc(-c2ccnc(Nc3ccc(F)cc3)n2)s1)N1CCCCC1. The summed E-state index contributed by atoms with van der Waals surface area (Å²) < 4.78 is 124. The van der Waals surface area contributed by atoms with E-state index in [1.807, 2.05) is 67.4 Å². The fourth-order valence-corrected chi connectivity index (χ4v) is 24.6. The van der Waals surface area contributed by atoms with E-state index in [-0.39, 0.29) is 5.82 Å². The third-order valence-electron chi connectivity index (χ3n) is 18.6. The lowest BCUT2D eigenvalue weighted by Crippen LogP contribution is -2.35. The molecule has 9 aromatic heterocycles. The van der Waals surface area contributed by atoms with Gasteiger partial charge < -0.3 is 20.9 Å². The molecule has 0 atom stereocenters. The normalized spacial score (nSPS) is 15.4. The van der Waals surface area contributed by atoms with Crippen LogP contribution in [0.3, 0.4) is 0 Å². The van der Waals surface area contributed by atoms with Crippen LogP contribution in [0.2, 0.25) is 10.0 Å². The van der Waals surface area contributed by atoms with Crippen LogP contribution in [0, 0.1) is 12.7 Å². The van der Waals surface area contributed by atoms with Crippen molar-refractivity contribution < 1.29 is 38.1 Å². The highest BCUT2D eigenvalue weighted by molar-refractivity contribution is 7.92. The summed E-state index contributed by atoms with van der Waals surface area (Å²) in [6, 6.07) is 43.7. The summed E-state index contributed by atoms with van der Waals surface area (Å²) in [5.74, 6) is 1.45. The first-order valence-corrected chi connectivity index (χ1v) is 46.3. The first-order valence-electron chi connectivity index (χ1n) is 36.5. The lowest BCUT2D eigenvalue weighted by atomic mass is 10.2. The van der Waals surface area contributed by atoms with E-state index in [9.17, 15) is 38.1 Å². The van der Waals surface area contributed by atoms with Crippen LogP contribution in [0.5, 0.6) is 0 Å². The molecule has 36 heteroatoms. The number of nitrogens with one attached hydrogen (secondary N) is 3. The van der Waals surface area contributed by atoms with Crippen LogP contribution in [-0.2, 0) is 40.1 Å². The first kappa shape index (κ1) is 82.3. The van der Waals surface area contributed by atoms with Crippen LogP contribution in [-0.4, -0.2) is 155 Å². The van der Waals surface area contributed by atoms with Gasteiger partial charge in [0.05, 0.1) is 52.3 Å². The summed E-state index contributed by atoms with van der Waals surface area (Å²) in [5, 5.41) is 10.2. The minimum Gasteiger partial charge on any atom is -0.324 e. The number of anilines is 8. The molecule has 0 unspecified atom stereocenters. The number of aromatic nitrogens is 9. The third kappa shape index (κ3) is 20.9. The van der Waals surface area contributed by atoms with E-state index < -0.39 is 40.1 Å². The molecule has 590 valence electrons. The average Bonchev–Trinajstić information content (AvgIpc) is 1.70. The van der Waals surface area contributed by atoms with Crippen molar-refractivity contribution in [2.45, 2.75) is 101 Å². The molecule has 3 aromatic carbocycles. The van der Waals surface area contributed by atoms with Gasteiger partial charge in [0, 0.05) is 119 Å². The summed E-state index contributed by atoms with van der Waals surface area (Å²) >= 11 is 16.9. The number of thiophene rings is 4. The summed E-state index contributed by atoms with van der Waals surface area (Å²) in [6.07, 6.45) is 21.7. The zero-order valence-corrected chi connectivity index (χ0v) is 69.5. The molecule has 0 aliphatic carbocycles. The van der Waals surface area contributed by atoms with E-state index in [0.717, 1.165) is 113 Å². The Morgan fingerprint density at radius 2 is 0.735 bits per heavy atom. The Balaban J connectivity index is 0.000000132. The number of nitrogens with zero attached hydrogens (tertiary/aromatic N) is 14. The second-order valence-electron chi connectivity index (χ2n) is 26.5. The minimum atomic E-state index is -3.45. The number of sulfonamides is 4. The van der Waals surface area contributed by atoms with E-state index in [0.29, 0.717) is 137 Å². The molecule has 4 aliphatic heterocycles. The molecule has 25 nitrogen and oxygen atoms in total. The highest BCUT2D eigenvalue weighted by atomic mass is 35.5. The lowest BCUT2D eigenvalue weighted by Gasteiger charge is -2.25. The summed E-state index contributed by atoms with van der Waals surface area (Å²) in [4.78, 5) is 44.2. The van der Waals surface area contributed by atoms with Crippen LogP contribution in [0.1, 0.15) is 82.6 Å². The summed E-state index contributed by atoms with van der Waals surface area (Å²) in [5.41, 5.74) is 7.02. The molecule has 16 rings (SSSR count).